The normalized spacial score (nSPS) is 10.4. The number of hydrogen-bond acceptors (Lipinski definition) is 2. The predicted molar refractivity (Wildman–Crippen MR) is 66.4 cm³/mol. The van der Waals surface area contributed by atoms with Gasteiger partial charge in [0.25, 0.3) is 0 Å². The summed E-state index contributed by atoms with van der Waals surface area (Å²) < 4.78 is 0. The van der Waals surface area contributed by atoms with Crippen molar-refractivity contribution in [1.82, 2.24) is 4.98 Å². The zero-order valence-electron chi connectivity index (χ0n) is 7.92. The number of hydrogen-bond donors (Lipinski definition) is 1. The molecule has 0 aliphatic heterocycles. The number of benzene rings is 1. The summed E-state index contributed by atoms with van der Waals surface area (Å²) in [7, 11) is 0. The van der Waals surface area contributed by atoms with Gasteiger partial charge in [-0.3, -0.25) is 0 Å². The van der Waals surface area contributed by atoms with E-state index in [0.717, 1.165) is 0 Å². The molecule has 0 amide bonds. The first-order chi connectivity index (χ1) is 7.59. The third kappa shape index (κ3) is 2.09. The maximum atomic E-state index is 9.67. The first-order valence-corrected chi connectivity index (χ1v) is 5.53. The molecule has 0 radical (unpaired) electrons. The van der Waals surface area contributed by atoms with E-state index < -0.39 is 0 Å². The molecule has 0 fully saturated rings. The molecule has 0 atom stereocenters. The maximum absolute atomic E-state index is 9.67. The van der Waals surface area contributed by atoms with Crippen molar-refractivity contribution in [2.24, 2.45) is 0 Å². The molecule has 0 saturated carbocycles. The maximum Gasteiger partial charge on any atom is 0.148 e. The highest BCUT2D eigenvalue weighted by molar-refractivity contribution is 6.43. The van der Waals surface area contributed by atoms with E-state index in [2.05, 4.69) is 4.98 Å². The molecular weight excluding hydrogens is 268 g/mol. The Morgan fingerprint density at radius 3 is 2.38 bits per heavy atom. The van der Waals surface area contributed by atoms with Gasteiger partial charge in [0.05, 0.1) is 15.7 Å². The van der Waals surface area contributed by atoms with E-state index in [9.17, 15) is 5.11 Å². The van der Waals surface area contributed by atoms with Gasteiger partial charge in [0.15, 0.2) is 0 Å². The van der Waals surface area contributed by atoms with E-state index >= 15 is 0 Å². The first-order valence-electron chi connectivity index (χ1n) is 4.39. The fraction of sp³-hybridized carbons (Fsp3) is 0. The van der Waals surface area contributed by atoms with E-state index in [1.807, 2.05) is 0 Å². The summed E-state index contributed by atoms with van der Waals surface area (Å²) >= 11 is 17.6. The number of pyridine rings is 1. The Bertz CT molecular complexity index is 543. The Balaban J connectivity index is 2.65. The van der Waals surface area contributed by atoms with Crippen molar-refractivity contribution < 1.29 is 5.11 Å². The van der Waals surface area contributed by atoms with Crippen LogP contribution >= 0.6 is 34.8 Å². The van der Waals surface area contributed by atoms with Crippen molar-refractivity contribution in [3.8, 4) is 17.0 Å². The van der Waals surface area contributed by atoms with Crippen LogP contribution in [-0.2, 0) is 0 Å². The second kappa shape index (κ2) is 4.50. The average Bonchev–Trinajstić information content (AvgIpc) is 2.25. The molecule has 0 saturated heterocycles. The van der Waals surface area contributed by atoms with Crippen LogP contribution in [-0.4, -0.2) is 10.1 Å². The molecule has 1 N–H and O–H groups in total. The molecule has 0 unspecified atom stereocenters. The monoisotopic (exact) mass is 273 g/mol. The van der Waals surface area contributed by atoms with Crippen LogP contribution < -0.4 is 0 Å². The fourth-order valence-electron chi connectivity index (χ4n) is 1.31. The van der Waals surface area contributed by atoms with Gasteiger partial charge < -0.3 is 5.11 Å². The summed E-state index contributed by atoms with van der Waals surface area (Å²) in [6.45, 7) is 0. The number of aromatic hydroxyl groups is 1. The standard InChI is InChI=1S/C11H6Cl3NO/c12-7-5-8(13)11(14)15-10(7)6-3-1-2-4-9(6)16/h1-5,16H. The minimum absolute atomic E-state index is 0.0929. The van der Waals surface area contributed by atoms with Crippen molar-refractivity contribution >= 4 is 34.8 Å². The van der Waals surface area contributed by atoms with Crippen molar-refractivity contribution in [2.45, 2.75) is 0 Å². The Hall–Kier alpha value is -0.960. The van der Waals surface area contributed by atoms with E-state index in [0.29, 0.717) is 16.3 Å². The fourth-order valence-corrected chi connectivity index (χ4v) is 1.91. The highest BCUT2D eigenvalue weighted by Crippen LogP contribution is 2.35. The minimum atomic E-state index is 0.0929. The number of halogens is 3. The lowest BCUT2D eigenvalue weighted by molar-refractivity contribution is 0.477. The summed E-state index contributed by atoms with van der Waals surface area (Å²) in [6, 6.07) is 8.24. The van der Waals surface area contributed by atoms with Crippen LogP contribution in [0.2, 0.25) is 15.2 Å². The van der Waals surface area contributed by atoms with E-state index in [4.69, 9.17) is 34.8 Å². The summed E-state index contributed by atoms with van der Waals surface area (Å²) in [5.74, 6) is 0.0929. The highest BCUT2D eigenvalue weighted by Gasteiger charge is 2.12. The minimum Gasteiger partial charge on any atom is -0.507 e. The molecule has 2 nitrogen and oxygen atoms in total. The summed E-state index contributed by atoms with van der Waals surface area (Å²) in [4.78, 5) is 4.04. The highest BCUT2D eigenvalue weighted by atomic mass is 35.5. The quantitative estimate of drug-likeness (QED) is 0.781. The van der Waals surface area contributed by atoms with Gasteiger partial charge in [0.1, 0.15) is 10.9 Å². The molecule has 1 heterocycles. The zero-order chi connectivity index (χ0) is 11.7. The topological polar surface area (TPSA) is 33.1 Å². The van der Waals surface area contributed by atoms with Crippen LogP contribution in [0.1, 0.15) is 0 Å². The van der Waals surface area contributed by atoms with Crippen LogP contribution in [0.5, 0.6) is 5.75 Å². The van der Waals surface area contributed by atoms with Crippen LogP contribution in [0, 0.1) is 0 Å². The molecule has 16 heavy (non-hydrogen) atoms. The lowest BCUT2D eigenvalue weighted by Gasteiger charge is -2.07. The van der Waals surface area contributed by atoms with Crippen molar-refractivity contribution in [1.29, 1.82) is 0 Å². The Morgan fingerprint density at radius 2 is 1.69 bits per heavy atom. The second-order valence-electron chi connectivity index (χ2n) is 3.11. The number of phenols is 1. The zero-order valence-corrected chi connectivity index (χ0v) is 10.2. The molecule has 2 rings (SSSR count). The predicted octanol–water partition coefficient (Wildman–Crippen LogP) is 4.41. The molecule has 2 aromatic rings. The van der Waals surface area contributed by atoms with Crippen molar-refractivity contribution in [3.05, 3.63) is 45.5 Å². The largest absolute Gasteiger partial charge is 0.507 e. The molecule has 1 aromatic heterocycles. The van der Waals surface area contributed by atoms with Gasteiger partial charge in [-0.25, -0.2) is 4.98 Å². The first kappa shape index (κ1) is 11.5. The van der Waals surface area contributed by atoms with Gasteiger partial charge in [-0.1, -0.05) is 46.9 Å². The summed E-state index contributed by atoms with van der Waals surface area (Å²) in [5.41, 5.74) is 0.931. The van der Waals surface area contributed by atoms with Gasteiger partial charge >= 0.3 is 0 Å². The molecule has 0 spiro atoms. The lowest BCUT2D eigenvalue weighted by Crippen LogP contribution is -1.87. The number of para-hydroxylation sites is 1. The van der Waals surface area contributed by atoms with Crippen molar-refractivity contribution in [3.63, 3.8) is 0 Å². The van der Waals surface area contributed by atoms with Crippen LogP contribution in [0.4, 0.5) is 0 Å². The van der Waals surface area contributed by atoms with E-state index in [1.54, 1.807) is 24.3 Å². The van der Waals surface area contributed by atoms with Crippen molar-refractivity contribution in [2.75, 3.05) is 0 Å². The molecule has 1 aromatic carbocycles. The molecule has 5 heteroatoms. The van der Waals surface area contributed by atoms with Crippen LogP contribution in [0.15, 0.2) is 30.3 Å². The van der Waals surface area contributed by atoms with Gasteiger partial charge in [0.2, 0.25) is 0 Å². The Morgan fingerprint density at radius 1 is 1.00 bits per heavy atom. The summed E-state index contributed by atoms with van der Waals surface area (Å²) in [5, 5.41) is 10.5. The number of nitrogens with zero attached hydrogens (tertiary/aromatic N) is 1. The third-order valence-corrected chi connectivity index (χ3v) is 3.01. The second-order valence-corrected chi connectivity index (χ2v) is 4.28. The Labute approximate surface area is 107 Å². The number of aromatic nitrogens is 1. The van der Waals surface area contributed by atoms with Gasteiger partial charge in [-0.15, -0.1) is 0 Å². The molecule has 0 aliphatic carbocycles. The molecular formula is C11H6Cl3NO. The van der Waals surface area contributed by atoms with Crippen LogP contribution in [0.3, 0.4) is 0 Å². The van der Waals surface area contributed by atoms with Gasteiger partial charge in [-0.05, 0) is 18.2 Å². The molecule has 0 bridgehead atoms. The van der Waals surface area contributed by atoms with Crippen LogP contribution in [0.25, 0.3) is 11.3 Å². The summed E-state index contributed by atoms with van der Waals surface area (Å²) in [6.07, 6.45) is 0. The van der Waals surface area contributed by atoms with Gasteiger partial charge in [-0.2, -0.15) is 0 Å². The number of rotatable bonds is 1. The van der Waals surface area contributed by atoms with E-state index in [1.165, 1.54) is 6.07 Å². The Kier molecular flexibility index (Phi) is 3.24. The number of phenolic OH excluding ortho intramolecular Hbond substituents is 1. The average molecular weight is 275 g/mol. The van der Waals surface area contributed by atoms with E-state index in [-0.39, 0.29) is 15.9 Å². The third-order valence-electron chi connectivity index (χ3n) is 2.05. The lowest BCUT2D eigenvalue weighted by atomic mass is 10.1. The van der Waals surface area contributed by atoms with Gasteiger partial charge in [0, 0.05) is 5.56 Å². The molecule has 0 aliphatic rings. The smallest absolute Gasteiger partial charge is 0.148 e. The molecule has 82 valence electrons. The SMILES string of the molecule is Oc1ccccc1-c1nc(Cl)c(Cl)cc1Cl.